The third kappa shape index (κ3) is 3.35. The summed E-state index contributed by atoms with van der Waals surface area (Å²) in [4.78, 5) is 15.0. The molecule has 2 rings (SSSR count). The zero-order chi connectivity index (χ0) is 12.3. The third-order valence-electron chi connectivity index (χ3n) is 3.00. The highest BCUT2D eigenvalue weighted by molar-refractivity contribution is 6.30. The van der Waals surface area contributed by atoms with Gasteiger partial charge >= 0.3 is 6.03 Å². The number of primary amides is 1. The van der Waals surface area contributed by atoms with Gasteiger partial charge < -0.3 is 10.6 Å². The molecule has 0 radical (unpaired) electrons. The molecule has 5 heteroatoms. The number of benzene rings is 1. The summed E-state index contributed by atoms with van der Waals surface area (Å²) < 4.78 is 0. The lowest BCUT2D eigenvalue weighted by molar-refractivity contribution is 0.140. The first kappa shape index (κ1) is 12.2. The van der Waals surface area contributed by atoms with Crippen LogP contribution in [0.25, 0.3) is 0 Å². The standard InChI is InChI=1S/C12H16ClN3O/c13-11-3-1-10(2-4-11)9-15-5-7-16(8-6-15)12(14)17/h1-4H,5-9H2,(H2,14,17). The molecule has 0 unspecified atom stereocenters. The van der Waals surface area contributed by atoms with Gasteiger partial charge in [0.15, 0.2) is 0 Å². The Morgan fingerprint density at radius 3 is 2.29 bits per heavy atom. The van der Waals surface area contributed by atoms with E-state index in [4.69, 9.17) is 17.3 Å². The van der Waals surface area contributed by atoms with Crippen molar-refractivity contribution >= 4 is 17.6 Å². The molecule has 1 aromatic carbocycles. The summed E-state index contributed by atoms with van der Waals surface area (Å²) >= 11 is 5.84. The molecule has 0 aromatic heterocycles. The molecule has 17 heavy (non-hydrogen) atoms. The summed E-state index contributed by atoms with van der Waals surface area (Å²) in [6.45, 7) is 4.05. The Labute approximate surface area is 106 Å². The summed E-state index contributed by atoms with van der Waals surface area (Å²) in [6.07, 6.45) is 0. The van der Waals surface area contributed by atoms with E-state index in [2.05, 4.69) is 4.90 Å². The molecular weight excluding hydrogens is 238 g/mol. The minimum atomic E-state index is -0.323. The maximum atomic E-state index is 11.0. The molecular formula is C12H16ClN3O. The number of nitrogens with zero attached hydrogens (tertiary/aromatic N) is 2. The van der Waals surface area contributed by atoms with Gasteiger partial charge in [-0.3, -0.25) is 4.90 Å². The smallest absolute Gasteiger partial charge is 0.314 e. The second kappa shape index (κ2) is 5.38. The molecule has 1 heterocycles. The van der Waals surface area contributed by atoms with Crippen LogP contribution in [-0.2, 0) is 6.54 Å². The molecule has 1 fully saturated rings. The SMILES string of the molecule is NC(=O)N1CCN(Cc2ccc(Cl)cc2)CC1. The van der Waals surface area contributed by atoms with Crippen molar-refractivity contribution in [2.45, 2.75) is 6.54 Å². The van der Waals surface area contributed by atoms with Gasteiger partial charge in [0.1, 0.15) is 0 Å². The first-order chi connectivity index (χ1) is 8.15. The quantitative estimate of drug-likeness (QED) is 0.869. The molecule has 2 amide bonds. The van der Waals surface area contributed by atoms with Gasteiger partial charge in [-0.1, -0.05) is 23.7 Å². The first-order valence-electron chi connectivity index (χ1n) is 5.66. The summed E-state index contributed by atoms with van der Waals surface area (Å²) in [7, 11) is 0. The van der Waals surface area contributed by atoms with Gasteiger partial charge in [-0.15, -0.1) is 0 Å². The summed E-state index contributed by atoms with van der Waals surface area (Å²) in [5.41, 5.74) is 6.47. The molecule has 4 nitrogen and oxygen atoms in total. The van der Waals surface area contributed by atoms with E-state index in [1.54, 1.807) is 4.90 Å². The molecule has 0 spiro atoms. The zero-order valence-electron chi connectivity index (χ0n) is 9.60. The number of rotatable bonds is 2. The highest BCUT2D eigenvalue weighted by Gasteiger charge is 2.18. The molecule has 1 saturated heterocycles. The molecule has 1 aliphatic heterocycles. The van der Waals surface area contributed by atoms with Gasteiger partial charge in [0, 0.05) is 37.7 Å². The van der Waals surface area contributed by atoms with E-state index in [1.165, 1.54) is 5.56 Å². The molecule has 2 N–H and O–H groups in total. The van der Waals surface area contributed by atoms with E-state index in [-0.39, 0.29) is 6.03 Å². The first-order valence-corrected chi connectivity index (χ1v) is 6.04. The fraction of sp³-hybridized carbons (Fsp3) is 0.417. The normalized spacial score (nSPS) is 17.1. The van der Waals surface area contributed by atoms with E-state index >= 15 is 0 Å². The number of hydrogen-bond donors (Lipinski definition) is 1. The monoisotopic (exact) mass is 253 g/mol. The second-order valence-corrected chi connectivity index (χ2v) is 4.66. The maximum absolute atomic E-state index is 11.0. The number of hydrogen-bond acceptors (Lipinski definition) is 2. The molecule has 1 aliphatic rings. The van der Waals surface area contributed by atoms with E-state index in [1.807, 2.05) is 24.3 Å². The van der Waals surface area contributed by atoms with Crippen molar-refractivity contribution in [1.82, 2.24) is 9.80 Å². The van der Waals surface area contributed by atoms with Gasteiger partial charge in [0.2, 0.25) is 0 Å². The van der Waals surface area contributed by atoms with Crippen LogP contribution in [-0.4, -0.2) is 42.0 Å². The van der Waals surface area contributed by atoms with E-state index < -0.39 is 0 Å². The van der Waals surface area contributed by atoms with Crippen LogP contribution in [0, 0.1) is 0 Å². The van der Waals surface area contributed by atoms with Crippen LogP contribution in [0.1, 0.15) is 5.56 Å². The minimum Gasteiger partial charge on any atom is -0.351 e. The predicted molar refractivity (Wildman–Crippen MR) is 67.9 cm³/mol. The van der Waals surface area contributed by atoms with Gasteiger partial charge in [-0.2, -0.15) is 0 Å². The minimum absolute atomic E-state index is 0.323. The van der Waals surface area contributed by atoms with Crippen molar-refractivity contribution in [2.75, 3.05) is 26.2 Å². The van der Waals surface area contributed by atoms with Crippen LogP contribution in [0.3, 0.4) is 0 Å². The molecule has 0 saturated carbocycles. The Morgan fingerprint density at radius 1 is 1.18 bits per heavy atom. The Morgan fingerprint density at radius 2 is 1.76 bits per heavy atom. The number of halogens is 1. The van der Waals surface area contributed by atoms with Crippen molar-refractivity contribution in [2.24, 2.45) is 5.73 Å². The molecule has 0 atom stereocenters. The van der Waals surface area contributed by atoms with Crippen LogP contribution in [0.15, 0.2) is 24.3 Å². The fourth-order valence-corrected chi connectivity index (χ4v) is 2.10. The van der Waals surface area contributed by atoms with Crippen molar-refractivity contribution in [3.8, 4) is 0 Å². The lowest BCUT2D eigenvalue weighted by Gasteiger charge is -2.33. The predicted octanol–water partition coefficient (Wildman–Crippen LogP) is 1.54. The lowest BCUT2D eigenvalue weighted by Crippen LogP contribution is -2.50. The van der Waals surface area contributed by atoms with Crippen LogP contribution < -0.4 is 5.73 Å². The van der Waals surface area contributed by atoms with Crippen molar-refractivity contribution in [3.63, 3.8) is 0 Å². The van der Waals surface area contributed by atoms with E-state index in [9.17, 15) is 4.79 Å². The maximum Gasteiger partial charge on any atom is 0.314 e. The van der Waals surface area contributed by atoms with Crippen LogP contribution >= 0.6 is 11.6 Å². The highest BCUT2D eigenvalue weighted by atomic mass is 35.5. The van der Waals surface area contributed by atoms with Crippen molar-refractivity contribution in [3.05, 3.63) is 34.9 Å². The number of urea groups is 1. The van der Waals surface area contributed by atoms with Gasteiger partial charge in [0.25, 0.3) is 0 Å². The topological polar surface area (TPSA) is 49.6 Å². The summed E-state index contributed by atoms with van der Waals surface area (Å²) in [5.74, 6) is 0. The van der Waals surface area contributed by atoms with Crippen LogP contribution in [0.4, 0.5) is 4.79 Å². The molecule has 0 bridgehead atoms. The Balaban J connectivity index is 1.85. The zero-order valence-corrected chi connectivity index (χ0v) is 10.4. The number of amides is 2. The number of carbonyl (C=O) groups excluding carboxylic acids is 1. The van der Waals surface area contributed by atoms with Gasteiger partial charge in [0.05, 0.1) is 0 Å². The van der Waals surface area contributed by atoms with E-state index in [0.717, 1.165) is 24.7 Å². The van der Waals surface area contributed by atoms with Crippen molar-refractivity contribution < 1.29 is 4.79 Å². The van der Waals surface area contributed by atoms with Gasteiger partial charge in [-0.05, 0) is 17.7 Å². The van der Waals surface area contributed by atoms with Gasteiger partial charge in [-0.25, -0.2) is 4.79 Å². The average Bonchev–Trinajstić information content (AvgIpc) is 2.33. The second-order valence-electron chi connectivity index (χ2n) is 4.23. The largest absolute Gasteiger partial charge is 0.351 e. The Bertz CT molecular complexity index is 385. The number of carbonyl (C=O) groups is 1. The van der Waals surface area contributed by atoms with Crippen LogP contribution in [0.5, 0.6) is 0 Å². The van der Waals surface area contributed by atoms with Crippen LogP contribution in [0.2, 0.25) is 5.02 Å². The molecule has 92 valence electrons. The Hall–Kier alpha value is -1.26. The lowest BCUT2D eigenvalue weighted by atomic mass is 10.2. The summed E-state index contributed by atoms with van der Waals surface area (Å²) in [6, 6.07) is 7.54. The highest BCUT2D eigenvalue weighted by Crippen LogP contribution is 2.12. The van der Waals surface area contributed by atoms with E-state index in [0.29, 0.717) is 13.1 Å². The molecule has 1 aromatic rings. The fourth-order valence-electron chi connectivity index (χ4n) is 1.97. The number of piperazine rings is 1. The van der Waals surface area contributed by atoms with Crippen molar-refractivity contribution in [1.29, 1.82) is 0 Å². The summed E-state index contributed by atoms with van der Waals surface area (Å²) in [5, 5.41) is 0.757. The number of nitrogens with two attached hydrogens (primary N) is 1. The molecule has 0 aliphatic carbocycles. The Kier molecular flexibility index (Phi) is 3.86. The third-order valence-corrected chi connectivity index (χ3v) is 3.26. The average molecular weight is 254 g/mol.